The highest BCUT2D eigenvalue weighted by molar-refractivity contribution is 7.99. The van der Waals surface area contributed by atoms with Gasteiger partial charge in [-0.1, -0.05) is 52.4 Å². The smallest absolute Gasteiger partial charge is 0.175 e. The van der Waals surface area contributed by atoms with Crippen LogP contribution in [0.25, 0.3) is 0 Å². The Balaban J connectivity index is 2.23. The fourth-order valence-corrected chi connectivity index (χ4v) is 3.57. The van der Waals surface area contributed by atoms with Crippen molar-refractivity contribution in [1.29, 1.82) is 0 Å². The number of benzene rings is 1. The van der Waals surface area contributed by atoms with Crippen molar-refractivity contribution in [2.24, 2.45) is 0 Å². The molecule has 0 fully saturated rings. The third kappa shape index (κ3) is 2.86. The molecule has 1 nitrogen and oxygen atoms in total. The van der Waals surface area contributed by atoms with Gasteiger partial charge < -0.3 is 4.74 Å². The van der Waals surface area contributed by atoms with E-state index >= 15 is 0 Å². The Hall–Kier alpha value is -0.350. The van der Waals surface area contributed by atoms with Crippen LogP contribution in [0.4, 0.5) is 0 Å². The van der Waals surface area contributed by atoms with E-state index in [2.05, 4.69) is 0 Å². The van der Waals surface area contributed by atoms with Gasteiger partial charge in [-0.25, -0.2) is 0 Å². The molecule has 1 aromatic carbocycles. The lowest BCUT2D eigenvalue weighted by Gasteiger charge is -1.99. The van der Waals surface area contributed by atoms with Gasteiger partial charge in [-0.05, 0) is 18.2 Å². The Morgan fingerprint density at radius 3 is 2.69 bits per heavy atom. The molecule has 0 saturated carbocycles. The first kappa shape index (κ1) is 12.1. The summed E-state index contributed by atoms with van der Waals surface area (Å²) in [6, 6.07) is 9.60. The zero-order valence-corrected chi connectivity index (χ0v) is 11.5. The molecule has 1 aromatic heterocycles. The Morgan fingerprint density at radius 1 is 1.25 bits per heavy atom. The summed E-state index contributed by atoms with van der Waals surface area (Å²) < 4.78 is 5.87. The molecule has 0 radical (unpaired) electrons. The van der Waals surface area contributed by atoms with Gasteiger partial charge in [0.2, 0.25) is 0 Å². The van der Waals surface area contributed by atoms with Gasteiger partial charge in [-0.3, -0.25) is 0 Å². The first-order valence-electron chi connectivity index (χ1n) is 4.46. The molecule has 0 unspecified atom stereocenters. The monoisotopic (exact) mass is 290 g/mol. The second-order valence-corrected chi connectivity index (χ2v) is 6.14. The van der Waals surface area contributed by atoms with Gasteiger partial charge in [0.05, 0.1) is 7.11 Å². The zero-order chi connectivity index (χ0) is 11.5. The van der Waals surface area contributed by atoms with Crippen LogP contribution < -0.4 is 4.74 Å². The summed E-state index contributed by atoms with van der Waals surface area (Å²) in [7, 11) is 1.63. The van der Waals surface area contributed by atoms with E-state index in [0.29, 0.717) is 0 Å². The molecular weight excluding hydrogens is 283 g/mol. The minimum Gasteiger partial charge on any atom is -0.487 e. The molecule has 0 saturated heterocycles. The van der Waals surface area contributed by atoms with Crippen LogP contribution in [0.15, 0.2) is 40.1 Å². The first-order chi connectivity index (χ1) is 7.69. The van der Waals surface area contributed by atoms with Crippen LogP contribution >= 0.6 is 46.3 Å². The standard InChI is InChI=1S/C11H8Cl2OS2/c1-14-10-6-9(11(13)16-10)15-8-4-2-3-7(12)5-8/h2-6H,1H3. The van der Waals surface area contributed by atoms with E-state index in [4.69, 9.17) is 27.9 Å². The van der Waals surface area contributed by atoms with Crippen LogP contribution in [0.2, 0.25) is 9.36 Å². The van der Waals surface area contributed by atoms with Crippen molar-refractivity contribution in [3.8, 4) is 5.06 Å². The third-order valence-electron chi connectivity index (χ3n) is 1.86. The van der Waals surface area contributed by atoms with Crippen LogP contribution in [0.5, 0.6) is 5.06 Å². The molecule has 84 valence electrons. The molecule has 16 heavy (non-hydrogen) atoms. The number of thiophene rings is 1. The number of hydrogen-bond donors (Lipinski definition) is 0. The summed E-state index contributed by atoms with van der Waals surface area (Å²) in [5.41, 5.74) is 0. The first-order valence-corrected chi connectivity index (χ1v) is 6.84. The minimum absolute atomic E-state index is 0.725. The number of halogens is 2. The van der Waals surface area contributed by atoms with E-state index in [9.17, 15) is 0 Å². The van der Waals surface area contributed by atoms with Crippen LogP contribution in [0, 0.1) is 0 Å². The number of ether oxygens (including phenoxy) is 1. The van der Waals surface area contributed by atoms with Crippen molar-refractivity contribution in [3.63, 3.8) is 0 Å². The van der Waals surface area contributed by atoms with Crippen molar-refractivity contribution in [1.82, 2.24) is 0 Å². The van der Waals surface area contributed by atoms with E-state index in [0.717, 1.165) is 24.2 Å². The molecule has 0 spiro atoms. The maximum absolute atomic E-state index is 6.10. The molecule has 2 aromatic rings. The normalized spacial score (nSPS) is 10.4. The Bertz CT molecular complexity index is 496. The maximum Gasteiger partial charge on any atom is 0.175 e. The second-order valence-electron chi connectivity index (χ2n) is 2.97. The molecule has 0 N–H and O–H groups in total. The van der Waals surface area contributed by atoms with E-state index in [1.807, 2.05) is 30.3 Å². The van der Waals surface area contributed by atoms with E-state index in [1.165, 1.54) is 11.3 Å². The van der Waals surface area contributed by atoms with Gasteiger partial charge in [0.1, 0.15) is 4.34 Å². The average molecular weight is 291 g/mol. The predicted molar refractivity (Wildman–Crippen MR) is 71.5 cm³/mol. The molecule has 5 heteroatoms. The van der Waals surface area contributed by atoms with E-state index in [1.54, 1.807) is 18.9 Å². The van der Waals surface area contributed by atoms with Crippen molar-refractivity contribution in [2.75, 3.05) is 7.11 Å². The zero-order valence-electron chi connectivity index (χ0n) is 8.37. The molecule has 0 aliphatic heterocycles. The average Bonchev–Trinajstić information content (AvgIpc) is 2.60. The van der Waals surface area contributed by atoms with E-state index < -0.39 is 0 Å². The maximum atomic E-state index is 6.10. The summed E-state index contributed by atoms with van der Waals surface area (Å²) >= 11 is 15.0. The highest BCUT2D eigenvalue weighted by Gasteiger charge is 2.09. The van der Waals surface area contributed by atoms with Crippen molar-refractivity contribution >= 4 is 46.3 Å². The van der Waals surface area contributed by atoms with Gasteiger partial charge in [0, 0.05) is 20.9 Å². The number of hydrogen-bond acceptors (Lipinski definition) is 3. The summed E-state index contributed by atoms with van der Waals surface area (Å²) in [4.78, 5) is 2.06. The van der Waals surface area contributed by atoms with Crippen LogP contribution in [-0.2, 0) is 0 Å². The van der Waals surface area contributed by atoms with E-state index in [-0.39, 0.29) is 0 Å². The van der Waals surface area contributed by atoms with Crippen molar-refractivity contribution in [3.05, 3.63) is 39.7 Å². The SMILES string of the molecule is COc1cc(Sc2cccc(Cl)c2)c(Cl)s1. The number of methoxy groups -OCH3 is 1. The van der Waals surface area contributed by atoms with Crippen LogP contribution in [-0.4, -0.2) is 7.11 Å². The lowest BCUT2D eigenvalue weighted by Crippen LogP contribution is -1.74. The Labute approximate surface area is 112 Å². The third-order valence-corrected chi connectivity index (χ3v) is 4.69. The molecular formula is C11H8Cl2OS2. The summed E-state index contributed by atoms with van der Waals surface area (Å²) in [5.74, 6) is 0. The van der Waals surface area contributed by atoms with Gasteiger partial charge in [0.25, 0.3) is 0 Å². The summed E-state index contributed by atoms with van der Waals surface area (Å²) in [6.45, 7) is 0. The predicted octanol–water partition coefficient (Wildman–Crippen LogP) is 5.21. The highest BCUT2D eigenvalue weighted by atomic mass is 35.5. The van der Waals surface area contributed by atoms with Gasteiger partial charge in [-0.15, -0.1) is 0 Å². The Kier molecular flexibility index (Phi) is 4.03. The van der Waals surface area contributed by atoms with Gasteiger partial charge >= 0.3 is 0 Å². The van der Waals surface area contributed by atoms with Crippen LogP contribution in [0.1, 0.15) is 0 Å². The lowest BCUT2D eigenvalue weighted by molar-refractivity contribution is 0.426. The molecule has 2 rings (SSSR count). The topological polar surface area (TPSA) is 9.23 Å². The summed E-state index contributed by atoms with van der Waals surface area (Å²) in [5, 5.41) is 1.54. The summed E-state index contributed by atoms with van der Waals surface area (Å²) in [6.07, 6.45) is 0. The molecule has 0 aliphatic rings. The quantitative estimate of drug-likeness (QED) is 0.767. The molecule has 0 bridgehead atoms. The van der Waals surface area contributed by atoms with Crippen LogP contribution in [0.3, 0.4) is 0 Å². The second kappa shape index (κ2) is 5.32. The molecule has 1 heterocycles. The molecule has 0 aliphatic carbocycles. The molecule has 0 atom stereocenters. The van der Waals surface area contributed by atoms with Crippen molar-refractivity contribution < 1.29 is 4.74 Å². The largest absolute Gasteiger partial charge is 0.487 e. The Morgan fingerprint density at radius 2 is 2.06 bits per heavy atom. The fraction of sp³-hybridized carbons (Fsp3) is 0.0909. The van der Waals surface area contributed by atoms with Gasteiger partial charge in [0.15, 0.2) is 5.06 Å². The van der Waals surface area contributed by atoms with Gasteiger partial charge in [-0.2, -0.15) is 0 Å². The number of rotatable bonds is 3. The fourth-order valence-electron chi connectivity index (χ4n) is 1.16. The van der Waals surface area contributed by atoms with Crippen molar-refractivity contribution in [2.45, 2.75) is 9.79 Å². The lowest BCUT2D eigenvalue weighted by atomic mass is 10.4. The highest BCUT2D eigenvalue weighted by Crippen LogP contribution is 2.42. The minimum atomic E-state index is 0.725. The molecule has 0 amide bonds.